The second kappa shape index (κ2) is 6.07. The maximum Gasteiger partial charge on any atom is 0.322 e. The summed E-state index contributed by atoms with van der Waals surface area (Å²) < 4.78 is 10.8. The van der Waals surface area contributed by atoms with Crippen molar-refractivity contribution in [1.82, 2.24) is 0 Å². The molecule has 1 aliphatic rings. The summed E-state index contributed by atoms with van der Waals surface area (Å²) in [6, 6.07) is 9.85. The number of hydrogen-bond donors (Lipinski definition) is 0. The number of rotatable bonds is 3. The number of benzene rings is 1. The van der Waals surface area contributed by atoms with Crippen molar-refractivity contribution in [2.45, 2.75) is 18.3 Å². The molecule has 1 aliphatic heterocycles. The van der Waals surface area contributed by atoms with Crippen molar-refractivity contribution in [1.29, 1.82) is 0 Å². The summed E-state index contributed by atoms with van der Waals surface area (Å²) >= 11 is 1.61. The van der Waals surface area contributed by atoms with Gasteiger partial charge in [-0.25, -0.2) is 0 Å². The molecule has 1 aromatic carbocycles. The molecule has 1 saturated heterocycles. The fourth-order valence-corrected chi connectivity index (χ4v) is 2.92. The van der Waals surface area contributed by atoms with Gasteiger partial charge < -0.3 is 9.47 Å². The minimum atomic E-state index is -0.244. The van der Waals surface area contributed by atoms with E-state index in [1.807, 2.05) is 37.3 Å². The minimum Gasteiger partial charge on any atom is -0.465 e. The zero-order chi connectivity index (χ0) is 12.1. The van der Waals surface area contributed by atoms with Crippen molar-refractivity contribution in [2.24, 2.45) is 0 Å². The van der Waals surface area contributed by atoms with Crippen LogP contribution in [-0.4, -0.2) is 30.2 Å². The van der Waals surface area contributed by atoms with Crippen LogP contribution in [0.4, 0.5) is 0 Å². The van der Waals surface area contributed by atoms with Crippen molar-refractivity contribution >= 4 is 17.7 Å². The molecule has 0 spiro atoms. The van der Waals surface area contributed by atoms with Crippen molar-refractivity contribution in [3.63, 3.8) is 0 Å². The second-order valence-electron chi connectivity index (χ2n) is 3.75. The van der Waals surface area contributed by atoms with Crippen LogP contribution in [0.3, 0.4) is 0 Å². The largest absolute Gasteiger partial charge is 0.465 e. The topological polar surface area (TPSA) is 35.5 Å². The average molecular weight is 252 g/mol. The molecular weight excluding hydrogens is 236 g/mol. The van der Waals surface area contributed by atoms with Crippen molar-refractivity contribution in [3.8, 4) is 0 Å². The molecule has 1 heterocycles. The highest BCUT2D eigenvalue weighted by molar-refractivity contribution is 8.00. The number of esters is 1. The first kappa shape index (κ1) is 12.5. The summed E-state index contributed by atoms with van der Waals surface area (Å²) in [6.45, 7) is 2.92. The molecule has 0 aliphatic carbocycles. The Kier molecular flexibility index (Phi) is 4.45. The predicted octanol–water partition coefficient (Wildman–Crippen LogP) is 2.42. The van der Waals surface area contributed by atoms with Crippen LogP contribution in [0, 0.1) is 0 Å². The maximum atomic E-state index is 11.9. The highest BCUT2D eigenvalue weighted by Gasteiger charge is 2.34. The molecule has 0 amide bonds. The van der Waals surface area contributed by atoms with E-state index in [-0.39, 0.29) is 17.3 Å². The molecule has 0 saturated carbocycles. The predicted molar refractivity (Wildman–Crippen MR) is 68.0 cm³/mol. The van der Waals surface area contributed by atoms with Crippen LogP contribution < -0.4 is 0 Å². The second-order valence-corrected chi connectivity index (χ2v) is 4.99. The lowest BCUT2D eigenvalue weighted by Gasteiger charge is -2.29. The zero-order valence-electron chi connectivity index (χ0n) is 9.80. The minimum absolute atomic E-state index is 0.175. The molecule has 0 N–H and O–H groups in total. The van der Waals surface area contributed by atoms with Crippen LogP contribution >= 0.6 is 11.8 Å². The summed E-state index contributed by atoms with van der Waals surface area (Å²) in [5.74, 6) is 0.665. The Morgan fingerprint density at radius 2 is 2.24 bits per heavy atom. The summed E-state index contributed by atoms with van der Waals surface area (Å²) in [7, 11) is 0. The average Bonchev–Trinajstić information content (AvgIpc) is 2.40. The third-order valence-electron chi connectivity index (χ3n) is 2.60. The molecule has 1 fully saturated rings. The van der Waals surface area contributed by atoms with E-state index in [1.54, 1.807) is 11.8 Å². The van der Waals surface area contributed by atoms with Crippen molar-refractivity contribution in [2.75, 3.05) is 19.0 Å². The first-order valence-corrected chi connectivity index (χ1v) is 6.82. The van der Waals surface area contributed by atoms with E-state index in [1.165, 1.54) is 0 Å². The monoisotopic (exact) mass is 252 g/mol. The molecule has 1 aromatic rings. The lowest BCUT2D eigenvalue weighted by molar-refractivity contribution is -0.145. The van der Waals surface area contributed by atoms with Gasteiger partial charge in [0, 0.05) is 5.75 Å². The standard InChI is InChI=1S/C13H16O3S/c1-2-15-13(14)12-11(16-8-9-17-12)10-6-4-3-5-7-10/h3-7,11-12H,2,8-9H2,1H3/t11-,12+/m0/s1. The first-order chi connectivity index (χ1) is 8.33. The molecule has 0 unspecified atom stereocenters. The SMILES string of the molecule is CCOC(=O)[C@@H]1SCCO[C@H]1c1ccccc1. The van der Waals surface area contributed by atoms with E-state index in [0.29, 0.717) is 13.2 Å². The van der Waals surface area contributed by atoms with E-state index in [4.69, 9.17) is 9.47 Å². The van der Waals surface area contributed by atoms with Crippen LogP contribution in [0.15, 0.2) is 30.3 Å². The summed E-state index contributed by atoms with van der Waals surface area (Å²) in [5.41, 5.74) is 1.04. The quantitative estimate of drug-likeness (QED) is 0.774. The van der Waals surface area contributed by atoms with E-state index >= 15 is 0 Å². The van der Waals surface area contributed by atoms with Gasteiger partial charge in [-0.05, 0) is 12.5 Å². The van der Waals surface area contributed by atoms with E-state index in [9.17, 15) is 4.79 Å². The highest BCUT2D eigenvalue weighted by atomic mass is 32.2. The Balaban J connectivity index is 2.15. The Labute approximate surface area is 105 Å². The molecule has 0 aromatic heterocycles. The van der Waals surface area contributed by atoms with Crippen LogP contribution in [0.5, 0.6) is 0 Å². The molecule has 17 heavy (non-hydrogen) atoms. The Morgan fingerprint density at radius 3 is 2.94 bits per heavy atom. The smallest absolute Gasteiger partial charge is 0.322 e. The van der Waals surface area contributed by atoms with Crippen LogP contribution in [0.2, 0.25) is 0 Å². The van der Waals surface area contributed by atoms with Gasteiger partial charge in [0.15, 0.2) is 0 Å². The third-order valence-corrected chi connectivity index (χ3v) is 3.80. The lowest BCUT2D eigenvalue weighted by Crippen LogP contribution is -2.33. The molecule has 92 valence electrons. The van der Waals surface area contributed by atoms with Crippen molar-refractivity contribution in [3.05, 3.63) is 35.9 Å². The van der Waals surface area contributed by atoms with Gasteiger partial charge in [0.2, 0.25) is 0 Å². The third kappa shape index (κ3) is 3.01. The molecular formula is C13H16O3S. The number of carbonyl (C=O) groups excluding carboxylic acids is 1. The van der Waals surface area contributed by atoms with Crippen LogP contribution in [0.25, 0.3) is 0 Å². The Bertz CT molecular complexity index is 366. The van der Waals surface area contributed by atoms with Gasteiger partial charge >= 0.3 is 5.97 Å². The van der Waals surface area contributed by atoms with Gasteiger partial charge in [0.05, 0.1) is 13.2 Å². The molecule has 2 rings (SSSR count). The maximum absolute atomic E-state index is 11.9. The molecule has 4 heteroatoms. The highest BCUT2D eigenvalue weighted by Crippen LogP contribution is 2.34. The van der Waals surface area contributed by atoms with Gasteiger partial charge in [-0.2, -0.15) is 0 Å². The van der Waals surface area contributed by atoms with Gasteiger partial charge in [0.25, 0.3) is 0 Å². The summed E-state index contributed by atoms with van der Waals surface area (Å²) in [6.07, 6.45) is -0.186. The number of hydrogen-bond acceptors (Lipinski definition) is 4. The molecule has 0 radical (unpaired) electrons. The Morgan fingerprint density at radius 1 is 1.47 bits per heavy atom. The number of thioether (sulfide) groups is 1. The van der Waals surface area contributed by atoms with Crippen LogP contribution in [-0.2, 0) is 14.3 Å². The van der Waals surface area contributed by atoms with E-state index in [0.717, 1.165) is 11.3 Å². The van der Waals surface area contributed by atoms with Gasteiger partial charge in [-0.1, -0.05) is 30.3 Å². The molecule has 2 atom stereocenters. The molecule has 3 nitrogen and oxygen atoms in total. The van der Waals surface area contributed by atoms with E-state index < -0.39 is 0 Å². The fourth-order valence-electron chi connectivity index (χ4n) is 1.85. The molecule has 0 bridgehead atoms. The Hall–Kier alpha value is -1.00. The van der Waals surface area contributed by atoms with Crippen molar-refractivity contribution < 1.29 is 14.3 Å². The summed E-state index contributed by atoms with van der Waals surface area (Å²) in [5, 5.41) is -0.244. The number of ether oxygens (including phenoxy) is 2. The fraction of sp³-hybridized carbons (Fsp3) is 0.462. The van der Waals surface area contributed by atoms with E-state index in [2.05, 4.69) is 0 Å². The summed E-state index contributed by atoms with van der Waals surface area (Å²) in [4.78, 5) is 11.9. The van der Waals surface area contributed by atoms with Crippen LogP contribution in [0.1, 0.15) is 18.6 Å². The van der Waals surface area contributed by atoms with Gasteiger partial charge in [-0.15, -0.1) is 11.8 Å². The van der Waals surface area contributed by atoms with Gasteiger partial charge in [-0.3, -0.25) is 4.79 Å². The first-order valence-electron chi connectivity index (χ1n) is 5.77. The number of carbonyl (C=O) groups is 1. The van der Waals surface area contributed by atoms with Gasteiger partial charge in [0.1, 0.15) is 11.4 Å². The lowest BCUT2D eigenvalue weighted by atomic mass is 10.1. The normalized spacial score (nSPS) is 24.3. The zero-order valence-corrected chi connectivity index (χ0v) is 10.6.